The molecule has 0 unspecified atom stereocenters. The number of cyclic esters (lactones) is 1. The molecule has 25 heavy (non-hydrogen) atoms. The Morgan fingerprint density at radius 2 is 1.84 bits per heavy atom. The molecular weight excluding hydrogens is 310 g/mol. The third-order valence-corrected chi connectivity index (χ3v) is 7.97. The summed E-state index contributed by atoms with van der Waals surface area (Å²) in [6.07, 6.45) is 15.5. The highest BCUT2D eigenvalue weighted by Gasteiger charge is 2.53. The van der Waals surface area contributed by atoms with E-state index in [1.54, 1.807) is 0 Å². The van der Waals surface area contributed by atoms with Gasteiger partial charge in [-0.05, 0) is 64.3 Å². The molecule has 3 nitrogen and oxygen atoms in total. The second kappa shape index (κ2) is 7.06. The lowest BCUT2D eigenvalue weighted by Crippen LogP contribution is -2.44. The molecule has 0 amide bonds. The molecule has 4 aliphatic rings. The quantitative estimate of drug-likeness (QED) is 0.548. The number of ether oxygens (including phenoxy) is 1. The van der Waals surface area contributed by atoms with Crippen molar-refractivity contribution in [3.63, 3.8) is 0 Å². The van der Waals surface area contributed by atoms with Gasteiger partial charge in [0.2, 0.25) is 0 Å². The van der Waals surface area contributed by atoms with E-state index in [0.29, 0.717) is 23.9 Å². The number of carbonyl (C=O) groups excluding carboxylic acids is 1. The number of nitrogens with zero attached hydrogens (tertiary/aromatic N) is 1. The van der Waals surface area contributed by atoms with Gasteiger partial charge in [0.25, 0.3) is 0 Å². The second-order valence-corrected chi connectivity index (χ2v) is 9.24. The van der Waals surface area contributed by atoms with E-state index in [4.69, 9.17) is 4.74 Å². The van der Waals surface area contributed by atoms with Crippen molar-refractivity contribution in [3.8, 4) is 0 Å². The van der Waals surface area contributed by atoms with Gasteiger partial charge < -0.3 is 4.74 Å². The maximum absolute atomic E-state index is 12.4. The van der Waals surface area contributed by atoms with E-state index in [1.165, 1.54) is 44.9 Å². The maximum Gasteiger partial charge on any atom is 0.309 e. The van der Waals surface area contributed by atoms with Gasteiger partial charge >= 0.3 is 5.97 Å². The van der Waals surface area contributed by atoms with E-state index in [0.717, 1.165) is 18.3 Å². The SMILES string of the molecule is C[C@@H]1OC(=O)[C@H]2C[C@H]3CCCC[C@@H]3[C@@H](/C=C\[C@H]3CCC[C@H](C)N3C)[C@@H]12. The minimum Gasteiger partial charge on any atom is -0.462 e. The predicted molar refractivity (Wildman–Crippen MR) is 100 cm³/mol. The normalized spacial score (nSPS) is 48.2. The van der Waals surface area contributed by atoms with Crippen LogP contribution in [0.3, 0.4) is 0 Å². The Kier molecular flexibility index (Phi) is 4.96. The van der Waals surface area contributed by atoms with E-state index in [1.807, 2.05) is 0 Å². The molecule has 0 aromatic carbocycles. The number of rotatable bonds is 2. The summed E-state index contributed by atoms with van der Waals surface area (Å²) in [4.78, 5) is 14.9. The molecule has 0 radical (unpaired) electrons. The second-order valence-electron chi connectivity index (χ2n) is 9.24. The highest BCUT2D eigenvalue weighted by molar-refractivity contribution is 5.75. The van der Waals surface area contributed by atoms with Crippen molar-refractivity contribution >= 4 is 5.97 Å². The first-order chi connectivity index (χ1) is 12.1. The summed E-state index contributed by atoms with van der Waals surface area (Å²) in [5.41, 5.74) is 0. The van der Waals surface area contributed by atoms with E-state index < -0.39 is 0 Å². The van der Waals surface area contributed by atoms with E-state index >= 15 is 0 Å². The highest BCUT2D eigenvalue weighted by Crippen LogP contribution is 2.53. The molecule has 0 spiro atoms. The lowest BCUT2D eigenvalue weighted by Gasteiger charge is -2.46. The third kappa shape index (κ3) is 3.18. The van der Waals surface area contributed by atoms with Gasteiger partial charge in [0.15, 0.2) is 0 Å². The van der Waals surface area contributed by atoms with Crippen molar-refractivity contribution in [3.05, 3.63) is 12.2 Å². The first-order valence-electron chi connectivity index (χ1n) is 10.7. The number of likely N-dealkylation sites (tertiary alicyclic amines) is 1. The van der Waals surface area contributed by atoms with Crippen LogP contribution in [0.5, 0.6) is 0 Å². The minimum absolute atomic E-state index is 0.0864. The van der Waals surface area contributed by atoms with Gasteiger partial charge in [0, 0.05) is 18.0 Å². The van der Waals surface area contributed by atoms with Gasteiger partial charge in [-0.15, -0.1) is 0 Å². The molecule has 140 valence electrons. The average Bonchev–Trinajstić information content (AvgIpc) is 2.89. The van der Waals surface area contributed by atoms with E-state index in [2.05, 4.69) is 37.9 Å². The summed E-state index contributed by atoms with van der Waals surface area (Å²) in [5.74, 6) is 2.71. The first-order valence-corrected chi connectivity index (χ1v) is 10.7. The lowest BCUT2D eigenvalue weighted by atomic mass is 9.57. The third-order valence-electron chi connectivity index (χ3n) is 7.97. The van der Waals surface area contributed by atoms with E-state index in [-0.39, 0.29) is 18.0 Å². The fourth-order valence-electron chi connectivity index (χ4n) is 6.43. The molecule has 8 atom stereocenters. The van der Waals surface area contributed by atoms with Gasteiger partial charge in [-0.3, -0.25) is 9.69 Å². The summed E-state index contributed by atoms with van der Waals surface area (Å²) in [6, 6.07) is 1.25. The fourth-order valence-corrected chi connectivity index (χ4v) is 6.43. The largest absolute Gasteiger partial charge is 0.462 e. The number of hydrogen-bond acceptors (Lipinski definition) is 3. The van der Waals surface area contributed by atoms with Gasteiger partial charge in [-0.1, -0.05) is 37.8 Å². The molecule has 4 fully saturated rings. The van der Waals surface area contributed by atoms with Crippen LogP contribution in [0, 0.1) is 29.6 Å². The monoisotopic (exact) mass is 345 g/mol. The number of allylic oxidation sites excluding steroid dienone is 1. The Hall–Kier alpha value is -0.830. The predicted octanol–water partition coefficient (Wildman–Crippen LogP) is 4.42. The van der Waals surface area contributed by atoms with Crippen LogP contribution in [0.2, 0.25) is 0 Å². The number of piperidine rings is 1. The molecule has 2 aliphatic heterocycles. The Bertz CT molecular complexity index is 530. The van der Waals surface area contributed by atoms with Crippen LogP contribution in [0.25, 0.3) is 0 Å². The molecule has 3 heteroatoms. The topological polar surface area (TPSA) is 29.5 Å². The minimum atomic E-state index is 0.0864. The summed E-state index contributed by atoms with van der Waals surface area (Å²) >= 11 is 0. The number of likely N-dealkylation sites (N-methyl/N-ethyl adjacent to an activating group) is 1. The Labute approximate surface area is 153 Å². The van der Waals surface area contributed by atoms with Crippen LogP contribution in [-0.2, 0) is 9.53 Å². The highest BCUT2D eigenvalue weighted by atomic mass is 16.6. The lowest BCUT2D eigenvalue weighted by molar-refractivity contribution is -0.144. The number of carbonyl (C=O) groups is 1. The zero-order chi connectivity index (χ0) is 17.6. The van der Waals surface area contributed by atoms with Crippen LogP contribution in [0.1, 0.15) is 65.2 Å². The fraction of sp³-hybridized carbons (Fsp3) is 0.864. The van der Waals surface area contributed by atoms with Crippen LogP contribution >= 0.6 is 0 Å². The zero-order valence-electron chi connectivity index (χ0n) is 16.2. The van der Waals surface area contributed by atoms with Crippen molar-refractivity contribution < 1.29 is 9.53 Å². The molecule has 4 rings (SSSR count). The zero-order valence-corrected chi connectivity index (χ0v) is 16.2. The number of fused-ring (bicyclic) bond motifs is 2. The van der Waals surface area contributed by atoms with Gasteiger partial charge in [0.05, 0.1) is 5.92 Å². The Morgan fingerprint density at radius 3 is 2.68 bits per heavy atom. The van der Waals surface area contributed by atoms with Crippen molar-refractivity contribution in [2.75, 3.05) is 7.05 Å². The van der Waals surface area contributed by atoms with Crippen LogP contribution in [-0.4, -0.2) is 36.1 Å². The summed E-state index contributed by atoms with van der Waals surface area (Å²) in [7, 11) is 2.27. The molecule has 0 aromatic rings. The molecule has 0 aromatic heterocycles. The van der Waals surface area contributed by atoms with Crippen LogP contribution < -0.4 is 0 Å². The van der Waals surface area contributed by atoms with Crippen molar-refractivity contribution in [2.45, 2.75) is 83.4 Å². The number of esters is 1. The molecule has 2 aliphatic carbocycles. The molecule has 2 heterocycles. The van der Waals surface area contributed by atoms with Crippen LogP contribution in [0.15, 0.2) is 12.2 Å². The number of hydrogen-bond donors (Lipinski definition) is 0. The van der Waals surface area contributed by atoms with Gasteiger partial charge in [-0.2, -0.15) is 0 Å². The molecule has 0 N–H and O–H groups in total. The first kappa shape index (κ1) is 17.6. The smallest absolute Gasteiger partial charge is 0.309 e. The van der Waals surface area contributed by atoms with Gasteiger partial charge in [0.1, 0.15) is 6.10 Å². The molecular formula is C22H35NO2. The van der Waals surface area contributed by atoms with Crippen molar-refractivity contribution in [1.29, 1.82) is 0 Å². The molecule has 2 saturated heterocycles. The van der Waals surface area contributed by atoms with Crippen LogP contribution in [0.4, 0.5) is 0 Å². The van der Waals surface area contributed by atoms with Crippen molar-refractivity contribution in [2.24, 2.45) is 29.6 Å². The summed E-state index contributed by atoms with van der Waals surface area (Å²) in [5, 5.41) is 0. The average molecular weight is 346 g/mol. The Balaban J connectivity index is 1.57. The van der Waals surface area contributed by atoms with Crippen molar-refractivity contribution in [1.82, 2.24) is 4.90 Å². The molecule has 2 saturated carbocycles. The van der Waals surface area contributed by atoms with E-state index in [9.17, 15) is 4.79 Å². The standard InChI is InChI=1S/C22H35NO2/c1-14-7-6-9-17(23(14)3)11-12-19-18-10-5-4-8-16(18)13-20-21(19)15(2)25-22(20)24/h11-12,14-21H,4-10,13H2,1-3H3/b12-11-/t14-,15-,16+,17+,18-,19+,20-,21+/m0/s1. The molecule has 0 bridgehead atoms. The summed E-state index contributed by atoms with van der Waals surface area (Å²) < 4.78 is 5.69. The summed E-state index contributed by atoms with van der Waals surface area (Å²) in [6.45, 7) is 4.47. The maximum atomic E-state index is 12.4. The Morgan fingerprint density at radius 1 is 1.04 bits per heavy atom. The van der Waals surface area contributed by atoms with Gasteiger partial charge in [-0.25, -0.2) is 0 Å².